The molecule has 1 saturated carbocycles. The van der Waals surface area contributed by atoms with Gasteiger partial charge in [-0.3, -0.25) is 0 Å². The van der Waals surface area contributed by atoms with Crippen LogP contribution in [0.5, 0.6) is 0 Å². The van der Waals surface area contributed by atoms with Crippen LogP contribution in [-0.2, 0) is 17.3 Å². The highest BCUT2D eigenvalue weighted by Gasteiger charge is 2.50. The van der Waals surface area contributed by atoms with Gasteiger partial charge in [-0.25, -0.2) is 0 Å². The number of aryl methyl sites for hydroxylation is 1. The summed E-state index contributed by atoms with van der Waals surface area (Å²) in [4.78, 5) is 0. The van der Waals surface area contributed by atoms with Gasteiger partial charge in [-0.2, -0.15) is 0 Å². The summed E-state index contributed by atoms with van der Waals surface area (Å²) in [5.41, 5.74) is 5.91. The summed E-state index contributed by atoms with van der Waals surface area (Å²) in [6, 6.07) is 6.95. The van der Waals surface area contributed by atoms with Gasteiger partial charge in [0, 0.05) is 0 Å². The predicted molar refractivity (Wildman–Crippen MR) is 64.4 cm³/mol. The lowest BCUT2D eigenvalue weighted by atomic mass is 9.79. The fourth-order valence-electron chi connectivity index (χ4n) is 3.21. The third kappa shape index (κ3) is 1.27. The molecule has 1 aromatic carbocycles. The second-order valence-corrected chi connectivity index (χ2v) is 6.37. The molecular formula is C15H20. The molecule has 3 rings (SSSR count). The van der Waals surface area contributed by atoms with Gasteiger partial charge in [-0.15, -0.1) is 0 Å². The van der Waals surface area contributed by atoms with Crippen molar-refractivity contribution in [2.45, 2.75) is 57.3 Å². The number of hydrogen-bond donors (Lipinski definition) is 0. The molecule has 0 saturated heterocycles. The second kappa shape index (κ2) is 2.66. The molecule has 0 nitrogen and oxygen atoms in total. The second-order valence-electron chi connectivity index (χ2n) is 6.37. The first-order valence-corrected chi connectivity index (χ1v) is 6.16. The van der Waals surface area contributed by atoms with E-state index in [-0.39, 0.29) is 0 Å². The molecular weight excluding hydrogens is 180 g/mol. The van der Waals surface area contributed by atoms with Gasteiger partial charge in [0.2, 0.25) is 0 Å². The molecule has 1 spiro atoms. The van der Waals surface area contributed by atoms with Gasteiger partial charge in [0.1, 0.15) is 0 Å². The van der Waals surface area contributed by atoms with Crippen molar-refractivity contribution >= 4 is 0 Å². The first-order valence-electron chi connectivity index (χ1n) is 6.16. The van der Waals surface area contributed by atoms with E-state index < -0.39 is 0 Å². The predicted octanol–water partition coefficient (Wildman–Crippen LogP) is 3.96. The molecule has 0 bridgehead atoms. The molecule has 1 fully saturated rings. The van der Waals surface area contributed by atoms with Crippen molar-refractivity contribution in [2.24, 2.45) is 0 Å². The molecule has 2 aliphatic rings. The molecule has 0 heteroatoms. The summed E-state index contributed by atoms with van der Waals surface area (Å²) < 4.78 is 0. The van der Waals surface area contributed by atoms with E-state index in [2.05, 4.69) is 39.0 Å². The number of hydrogen-bond acceptors (Lipinski definition) is 0. The van der Waals surface area contributed by atoms with Crippen LogP contribution in [0.25, 0.3) is 0 Å². The van der Waals surface area contributed by atoms with Crippen LogP contribution in [0, 0.1) is 0 Å². The van der Waals surface area contributed by atoms with E-state index in [0.29, 0.717) is 10.8 Å². The van der Waals surface area contributed by atoms with E-state index in [4.69, 9.17) is 0 Å². The lowest BCUT2D eigenvalue weighted by Gasteiger charge is -2.25. The minimum Gasteiger partial charge on any atom is -0.0617 e. The summed E-state index contributed by atoms with van der Waals surface area (Å²) in [6.45, 7) is 7.03. The van der Waals surface area contributed by atoms with E-state index in [0.717, 1.165) is 0 Å². The summed E-state index contributed by atoms with van der Waals surface area (Å²) in [5.74, 6) is 0. The summed E-state index contributed by atoms with van der Waals surface area (Å²) in [5, 5.41) is 0. The van der Waals surface area contributed by atoms with E-state index in [9.17, 15) is 0 Å². The Kier molecular flexibility index (Phi) is 1.68. The number of rotatable bonds is 0. The van der Waals surface area contributed by atoms with Crippen LogP contribution in [0.4, 0.5) is 0 Å². The third-order valence-corrected chi connectivity index (χ3v) is 4.22. The van der Waals surface area contributed by atoms with Gasteiger partial charge < -0.3 is 0 Å². The highest BCUT2D eigenvalue weighted by atomic mass is 14.5. The Morgan fingerprint density at radius 2 is 1.80 bits per heavy atom. The molecule has 0 amide bonds. The number of fused-ring (bicyclic) bond motifs is 2. The van der Waals surface area contributed by atoms with Gasteiger partial charge in [-0.05, 0) is 53.2 Å². The van der Waals surface area contributed by atoms with Crippen molar-refractivity contribution in [1.82, 2.24) is 0 Å². The van der Waals surface area contributed by atoms with Crippen molar-refractivity contribution in [2.75, 3.05) is 0 Å². The average molecular weight is 200 g/mol. The Bertz CT molecular complexity index is 403. The fraction of sp³-hybridized carbons (Fsp3) is 0.600. The van der Waals surface area contributed by atoms with Crippen molar-refractivity contribution in [1.29, 1.82) is 0 Å². The molecule has 1 aromatic rings. The van der Waals surface area contributed by atoms with Gasteiger partial charge in [0.25, 0.3) is 0 Å². The molecule has 0 N–H and O–H groups in total. The van der Waals surface area contributed by atoms with Crippen molar-refractivity contribution < 1.29 is 0 Å². The van der Waals surface area contributed by atoms with E-state index in [1.54, 1.807) is 16.7 Å². The highest BCUT2D eigenvalue weighted by molar-refractivity contribution is 5.50. The minimum absolute atomic E-state index is 0.311. The Morgan fingerprint density at radius 3 is 2.40 bits per heavy atom. The van der Waals surface area contributed by atoms with Gasteiger partial charge >= 0.3 is 0 Å². The van der Waals surface area contributed by atoms with Crippen LogP contribution in [-0.4, -0.2) is 0 Å². The van der Waals surface area contributed by atoms with Gasteiger partial charge in [0.05, 0.1) is 0 Å². The van der Waals surface area contributed by atoms with E-state index in [1.165, 1.54) is 25.7 Å². The lowest BCUT2D eigenvalue weighted by Crippen LogP contribution is -2.17. The average Bonchev–Trinajstić information content (AvgIpc) is 2.83. The smallest absolute Gasteiger partial charge is 0.00375 e. The van der Waals surface area contributed by atoms with Crippen LogP contribution >= 0.6 is 0 Å². The Balaban J connectivity index is 2.21. The molecule has 0 aromatic heterocycles. The topological polar surface area (TPSA) is 0 Å². The molecule has 0 atom stereocenters. The lowest BCUT2D eigenvalue weighted by molar-refractivity contribution is 0.567. The Morgan fingerprint density at radius 1 is 1.07 bits per heavy atom. The summed E-state index contributed by atoms with van der Waals surface area (Å²) >= 11 is 0. The standard InChI is InChI=1S/C15H20/c1-14(2,3)12-6-4-5-11-7-8-15(9-10-15)13(11)12/h4-6H,7-10H2,1-3H3. The minimum atomic E-state index is 0.311. The SMILES string of the molecule is CC(C)(C)c1cccc2c1C1(CC2)CC1. The summed E-state index contributed by atoms with van der Waals surface area (Å²) in [7, 11) is 0. The van der Waals surface area contributed by atoms with Crippen molar-refractivity contribution in [3.05, 3.63) is 34.9 Å². The van der Waals surface area contributed by atoms with Crippen molar-refractivity contribution in [3.8, 4) is 0 Å². The molecule has 0 aliphatic heterocycles. The number of benzene rings is 1. The zero-order chi connectivity index (χ0) is 10.7. The Labute approximate surface area is 92.7 Å². The van der Waals surface area contributed by atoms with Crippen LogP contribution < -0.4 is 0 Å². The molecule has 0 heterocycles. The maximum Gasteiger partial charge on any atom is -0.00375 e. The fourth-order valence-corrected chi connectivity index (χ4v) is 3.21. The summed E-state index contributed by atoms with van der Waals surface area (Å²) in [6.07, 6.45) is 5.61. The quantitative estimate of drug-likeness (QED) is 0.594. The van der Waals surface area contributed by atoms with E-state index >= 15 is 0 Å². The van der Waals surface area contributed by atoms with Gasteiger partial charge in [0.15, 0.2) is 0 Å². The van der Waals surface area contributed by atoms with Crippen LogP contribution in [0.2, 0.25) is 0 Å². The first-order chi connectivity index (χ1) is 7.03. The highest BCUT2D eigenvalue weighted by Crippen LogP contribution is 2.58. The zero-order valence-electron chi connectivity index (χ0n) is 10.1. The van der Waals surface area contributed by atoms with Crippen LogP contribution in [0.3, 0.4) is 0 Å². The maximum atomic E-state index is 2.35. The van der Waals surface area contributed by atoms with E-state index in [1.807, 2.05) is 0 Å². The molecule has 2 aliphatic carbocycles. The van der Waals surface area contributed by atoms with Crippen LogP contribution in [0.1, 0.15) is 56.7 Å². The largest absolute Gasteiger partial charge is 0.0617 e. The molecule has 80 valence electrons. The normalized spacial score (nSPS) is 21.8. The molecule has 0 radical (unpaired) electrons. The Hall–Kier alpha value is -0.780. The maximum absolute atomic E-state index is 2.35. The van der Waals surface area contributed by atoms with Crippen LogP contribution in [0.15, 0.2) is 18.2 Å². The molecule has 15 heavy (non-hydrogen) atoms. The monoisotopic (exact) mass is 200 g/mol. The first kappa shape index (κ1) is 9.45. The molecule has 0 unspecified atom stereocenters. The van der Waals surface area contributed by atoms with Crippen molar-refractivity contribution in [3.63, 3.8) is 0 Å². The zero-order valence-corrected chi connectivity index (χ0v) is 10.1. The third-order valence-electron chi connectivity index (χ3n) is 4.22. The van der Waals surface area contributed by atoms with Gasteiger partial charge in [-0.1, -0.05) is 39.0 Å².